The van der Waals surface area contributed by atoms with Gasteiger partial charge in [-0.1, -0.05) is 12.1 Å². The Morgan fingerprint density at radius 1 is 1.40 bits per heavy atom. The molecule has 0 saturated carbocycles. The maximum Gasteiger partial charge on any atom is 0.213 e. The van der Waals surface area contributed by atoms with Gasteiger partial charge in [-0.3, -0.25) is 0 Å². The molecular formula is C12H9FNO. The largest absolute Gasteiger partial charge is 0.496 e. The molecule has 0 saturated heterocycles. The molecule has 1 aromatic carbocycles. The zero-order valence-electron chi connectivity index (χ0n) is 8.20. The summed E-state index contributed by atoms with van der Waals surface area (Å²) in [5.74, 6) is 0.162. The van der Waals surface area contributed by atoms with Gasteiger partial charge in [0.1, 0.15) is 5.75 Å². The van der Waals surface area contributed by atoms with Gasteiger partial charge in [-0.15, -0.1) is 0 Å². The van der Waals surface area contributed by atoms with Crippen molar-refractivity contribution in [1.29, 1.82) is 0 Å². The van der Waals surface area contributed by atoms with Crippen molar-refractivity contribution in [2.45, 2.75) is 0 Å². The molecule has 75 valence electrons. The lowest BCUT2D eigenvalue weighted by molar-refractivity contribution is 0.416. The summed E-state index contributed by atoms with van der Waals surface area (Å²) in [6, 6.07) is 11.5. The zero-order valence-corrected chi connectivity index (χ0v) is 8.20. The van der Waals surface area contributed by atoms with Gasteiger partial charge >= 0.3 is 0 Å². The van der Waals surface area contributed by atoms with Crippen LogP contribution in [0.25, 0.3) is 11.1 Å². The van der Waals surface area contributed by atoms with Crippen molar-refractivity contribution in [3.8, 4) is 16.9 Å². The van der Waals surface area contributed by atoms with Crippen LogP contribution in [0.3, 0.4) is 0 Å². The molecule has 0 aliphatic rings. The van der Waals surface area contributed by atoms with E-state index in [0.29, 0.717) is 11.3 Å². The molecule has 0 fully saturated rings. The monoisotopic (exact) mass is 202 g/mol. The topological polar surface area (TPSA) is 22.1 Å². The van der Waals surface area contributed by atoms with Crippen LogP contribution >= 0.6 is 0 Å². The number of hydrogen-bond donors (Lipinski definition) is 0. The van der Waals surface area contributed by atoms with E-state index >= 15 is 0 Å². The third kappa shape index (κ3) is 1.96. The number of benzene rings is 1. The second kappa shape index (κ2) is 4.09. The van der Waals surface area contributed by atoms with Gasteiger partial charge in [0.25, 0.3) is 0 Å². The van der Waals surface area contributed by atoms with Crippen LogP contribution in [0.5, 0.6) is 5.75 Å². The van der Waals surface area contributed by atoms with E-state index in [0.717, 1.165) is 5.56 Å². The molecule has 1 radical (unpaired) electrons. The second-order valence-electron chi connectivity index (χ2n) is 2.98. The molecule has 1 aromatic heterocycles. The first-order valence-electron chi connectivity index (χ1n) is 4.48. The average molecular weight is 202 g/mol. The first-order valence-corrected chi connectivity index (χ1v) is 4.48. The fourth-order valence-corrected chi connectivity index (χ4v) is 1.38. The van der Waals surface area contributed by atoms with Crippen LogP contribution < -0.4 is 4.74 Å². The fourth-order valence-electron chi connectivity index (χ4n) is 1.38. The minimum absolute atomic E-state index is 0.508. The molecule has 0 spiro atoms. The third-order valence-corrected chi connectivity index (χ3v) is 2.05. The van der Waals surface area contributed by atoms with Crippen molar-refractivity contribution < 1.29 is 9.13 Å². The van der Waals surface area contributed by atoms with Crippen LogP contribution in [-0.4, -0.2) is 12.1 Å². The Balaban J connectivity index is 2.53. The number of hydrogen-bond acceptors (Lipinski definition) is 2. The fraction of sp³-hybridized carbons (Fsp3) is 0.0833. The van der Waals surface area contributed by atoms with Crippen molar-refractivity contribution in [3.63, 3.8) is 0 Å². The number of aromatic nitrogens is 1. The van der Waals surface area contributed by atoms with E-state index in [1.165, 1.54) is 12.3 Å². The zero-order chi connectivity index (χ0) is 10.7. The molecule has 0 N–H and O–H groups in total. The summed E-state index contributed by atoms with van der Waals surface area (Å²) in [7, 11) is 1.57. The van der Waals surface area contributed by atoms with Crippen molar-refractivity contribution in [2.24, 2.45) is 0 Å². The van der Waals surface area contributed by atoms with Crippen molar-refractivity contribution in [1.82, 2.24) is 4.98 Å². The Morgan fingerprint density at radius 2 is 2.27 bits per heavy atom. The van der Waals surface area contributed by atoms with Gasteiger partial charge in [-0.25, -0.2) is 4.98 Å². The highest BCUT2D eigenvalue weighted by atomic mass is 19.1. The van der Waals surface area contributed by atoms with Gasteiger partial charge in [0.2, 0.25) is 5.95 Å². The molecule has 0 unspecified atom stereocenters. The van der Waals surface area contributed by atoms with Crippen LogP contribution in [0.1, 0.15) is 0 Å². The lowest BCUT2D eigenvalue weighted by Crippen LogP contribution is -1.89. The number of methoxy groups -OCH3 is 1. The molecule has 0 aliphatic carbocycles. The highest BCUT2D eigenvalue weighted by molar-refractivity contribution is 5.69. The molecule has 2 aromatic rings. The summed E-state index contributed by atoms with van der Waals surface area (Å²) >= 11 is 0. The Hall–Kier alpha value is -1.90. The Bertz CT molecular complexity index is 471. The lowest BCUT2D eigenvalue weighted by Gasteiger charge is -2.07. The molecule has 2 nitrogen and oxygen atoms in total. The average Bonchev–Trinajstić information content (AvgIpc) is 2.29. The second-order valence-corrected chi connectivity index (χ2v) is 2.98. The van der Waals surface area contributed by atoms with E-state index in [9.17, 15) is 4.39 Å². The summed E-state index contributed by atoms with van der Waals surface area (Å²) in [6.45, 7) is 0. The van der Waals surface area contributed by atoms with Crippen LogP contribution in [-0.2, 0) is 0 Å². The maximum absolute atomic E-state index is 12.9. The number of pyridine rings is 1. The quantitative estimate of drug-likeness (QED) is 0.698. The van der Waals surface area contributed by atoms with Gasteiger partial charge in [0.05, 0.1) is 7.11 Å². The number of nitrogens with zero attached hydrogens (tertiary/aromatic N) is 1. The Kier molecular flexibility index (Phi) is 2.63. The van der Waals surface area contributed by atoms with E-state index in [4.69, 9.17) is 4.74 Å². The minimum atomic E-state index is -0.508. The third-order valence-electron chi connectivity index (χ3n) is 2.05. The van der Waals surface area contributed by atoms with Crippen molar-refractivity contribution >= 4 is 0 Å². The molecule has 1 heterocycles. The van der Waals surface area contributed by atoms with E-state index in [-0.39, 0.29) is 0 Å². The molecule has 15 heavy (non-hydrogen) atoms. The van der Waals surface area contributed by atoms with Gasteiger partial charge in [-0.2, -0.15) is 4.39 Å². The number of rotatable bonds is 2. The molecule has 0 aliphatic heterocycles. The summed E-state index contributed by atoms with van der Waals surface area (Å²) in [5, 5.41) is 0. The summed E-state index contributed by atoms with van der Waals surface area (Å²) in [6.07, 6.45) is 1.42. The van der Waals surface area contributed by atoms with Gasteiger partial charge in [0.15, 0.2) is 0 Å². The normalized spacial score (nSPS) is 10.0. The standard InChI is InChI=1S/C12H9FNO/c1-15-11-5-3-2-4-10(11)9-6-7-14-12(13)8-9/h2-3,5-8H,1H3. The van der Waals surface area contributed by atoms with Gasteiger partial charge in [0, 0.05) is 17.8 Å². The van der Waals surface area contributed by atoms with E-state index in [1.54, 1.807) is 19.2 Å². The molecule has 3 heteroatoms. The Morgan fingerprint density at radius 3 is 3.00 bits per heavy atom. The summed E-state index contributed by atoms with van der Waals surface area (Å²) < 4.78 is 18.1. The predicted octanol–water partition coefficient (Wildman–Crippen LogP) is 2.70. The van der Waals surface area contributed by atoms with E-state index < -0.39 is 5.95 Å². The Labute approximate surface area is 87.4 Å². The summed E-state index contributed by atoms with van der Waals surface area (Å²) in [4.78, 5) is 3.50. The van der Waals surface area contributed by atoms with Gasteiger partial charge in [-0.05, 0) is 23.8 Å². The molecule has 0 atom stereocenters. The first-order chi connectivity index (χ1) is 7.31. The first kappa shape index (κ1) is 9.65. The van der Waals surface area contributed by atoms with Gasteiger partial charge < -0.3 is 4.74 Å². The van der Waals surface area contributed by atoms with Crippen LogP contribution in [0.4, 0.5) is 4.39 Å². The molecule has 0 bridgehead atoms. The molecule has 0 amide bonds. The minimum Gasteiger partial charge on any atom is -0.496 e. The van der Waals surface area contributed by atoms with E-state index in [2.05, 4.69) is 11.1 Å². The lowest BCUT2D eigenvalue weighted by atomic mass is 10.1. The maximum atomic E-state index is 12.9. The van der Waals surface area contributed by atoms with E-state index in [1.807, 2.05) is 12.1 Å². The highest BCUT2D eigenvalue weighted by Gasteiger charge is 2.05. The smallest absolute Gasteiger partial charge is 0.213 e. The summed E-state index contributed by atoms with van der Waals surface area (Å²) in [5.41, 5.74) is 1.45. The van der Waals surface area contributed by atoms with Crippen molar-refractivity contribution in [3.05, 3.63) is 48.5 Å². The number of halogens is 1. The van der Waals surface area contributed by atoms with Crippen LogP contribution in [0, 0.1) is 12.0 Å². The SMILES string of the molecule is COc1ccc[c]c1-c1ccnc(F)c1. The predicted molar refractivity (Wildman–Crippen MR) is 55.0 cm³/mol. The number of ether oxygens (including phenoxy) is 1. The van der Waals surface area contributed by atoms with Crippen molar-refractivity contribution in [2.75, 3.05) is 7.11 Å². The molecule has 2 rings (SSSR count). The highest BCUT2D eigenvalue weighted by Crippen LogP contribution is 2.28. The molecular weight excluding hydrogens is 193 g/mol. The van der Waals surface area contributed by atoms with Crippen LogP contribution in [0.15, 0.2) is 36.5 Å². The van der Waals surface area contributed by atoms with Crippen LogP contribution in [0.2, 0.25) is 0 Å².